The van der Waals surface area contributed by atoms with E-state index in [2.05, 4.69) is 5.32 Å². The fourth-order valence-corrected chi connectivity index (χ4v) is 5.61. The maximum atomic E-state index is 14.7. The highest BCUT2D eigenvalue weighted by Crippen LogP contribution is 2.32. The molecule has 0 saturated heterocycles. The van der Waals surface area contributed by atoms with Gasteiger partial charge in [-0.05, 0) is 92.2 Å². The van der Waals surface area contributed by atoms with Crippen molar-refractivity contribution in [2.75, 3.05) is 20.2 Å². The number of carbonyl (C=O) groups excluding carboxylic acids is 5. The zero-order valence-electron chi connectivity index (χ0n) is 28.6. The molecule has 0 aliphatic heterocycles. The van der Waals surface area contributed by atoms with E-state index >= 15 is 0 Å². The van der Waals surface area contributed by atoms with Crippen molar-refractivity contribution in [3.8, 4) is 16.9 Å². The minimum absolute atomic E-state index is 0.0640. The fourth-order valence-electron chi connectivity index (χ4n) is 5.48. The second-order valence-corrected chi connectivity index (χ2v) is 12.7. The summed E-state index contributed by atoms with van der Waals surface area (Å²) in [6.45, 7) is 0.899. The number of benzene rings is 3. The van der Waals surface area contributed by atoms with E-state index in [-0.39, 0.29) is 31.4 Å². The third-order valence-corrected chi connectivity index (χ3v) is 8.70. The van der Waals surface area contributed by atoms with E-state index in [0.717, 1.165) is 9.80 Å². The van der Waals surface area contributed by atoms with E-state index in [1.54, 1.807) is 36.4 Å². The predicted octanol–water partition coefficient (Wildman–Crippen LogP) is 2.73. The molecule has 0 aromatic heterocycles. The number of aromatic hydroxyl groups is 1. The summed E-state index contributed by atoms with van der Waals surface area (Å²) in [5.41, 5.74) is 13.4. The van der Waals surface area contributed by atoms with Gasteiger partial charge in [0.15, 0.2) is 0 Å². The summed E-state index contributed by atoms with van der Waals surface area (Å²) in [5, 5.41) is 23.6. The molecule has 0 aliphatic rings. The van der Waals surface area contributed by atoms with Crippen LogP contribution in [0.3, 0.4) is 0 Å². The van der Waals surface area contributed by atoms with Gasteiger partial charge >= 0.3 is 0 Å². The number of likely N-dealkylation sites (N-methyl/N-ethyl adjacent to an activating group) is 1. The number of aliphatic hydroxyl groups is 1. The van der Waals surface area contributed by atoms with Gasteiger partial charge in [0.05, 0.1) is 18.7 Å². The molecule has 3 aromatic rings. The Morgan fingerprint density at radius 3 is 2.22 bits per heavy atom. The molecule has 0 bridgehead atoms. The van der Waals surface area contributed by atoms with Crippen molar-refractivity contribution in [2.24, 2.45) is 11.5 Å². The van der Waals surface area contributed by atoms with Crippen LogP contribution in [0.5, 0.6) is 5.75 Å². The van der Waals surface area contributed by atoms with E-state index in [4.69, 9.17) is 23.1 Å². The lowest BCUT2D eigenvalue weighted by atomic mass is 9.96. The molecular weight excluding hydrogens is 681 g/mol. The molecule has 51 heavy (non-hydrogen) atoms. The van der Waals surface area contributed by atoms with Gasteiger partial charge in [-0.2, -0.15) is 0 Å². The Labute approximate surface area is 301 Å². The molecule has 0 heterocycles. The number of aryl methyl sites for hydroxylation is 1. The van der Waals surface area contributed by atoms with Crippen LogP contribution in [0.15, 0.2) is 66.7 Å². The molecule has 4 atom stereocenters. The highest BCUT2D eigenvalue weighted by atomic mass is 35.5. The van der Waals surface area contributed by atoms with Gasteiger partial charge in [-0.25, -0.2) is 4.39 Å². The van der Waals surface area contributed by atoms with Gasteiger partial charge in [0.1, 0.15) is 29.9 Å². The lowest BCUT2D eigenvalue weighted by Crippen LogP contribution is -2.60. The van der Waals surface area contributed by atoms with Crippen molar-refractivity contribution in [1.29, 1.82) is 0 Å². The Bertz CT molecular complexity index is 1660. The van der Waals surface area contributed by atoms with Crippen molar-refractivity contribution in [1.82, 2.24) is 15.1 Å². The predicted molar refractivity (Wildman–Crippen MR) is 191 cm³/mol. The van der Waals surface area contributed by atoms with Crippen molar-refractivity contribution in [2.45, 2.75) is 69.6 Å². The lowest BCUT2D eigenvalue weighted by molar-refractivity contribution is -0.156. The fraction of sp³-hybridized carbons (Fsp3) is 0.378. The van der Waals surface area contributed by atoms with Gasteiger partial charge in [0, 0.05) is 30.5 Å². The SMILES string of the molecule is C[C@H](N)C(=O)N[C@@H](CO)C(=O)N(C)[C@@H](Cc1ccc(O)c(-c2ccc(Cl)cc2)c1)C(=O)N(C(=O)CCc1ccc(F)cc1)[C@@H](C=O)CCCCN. The standard InChI is InChI=1S/C37H45ClFN5O7/c1-23(41)35(49)42-31(22-46)36(50)43(2)32(20-25-8-16-33(47)30(19-25)26-10-12-27(38)13-11-26)37(51)44(29(21-45)5-3-4-18-40)34(48)17-9-24-6-14-28(39)15-7-24/h6-8,10-16,19,21,23,29,31-32,46-47H,3-5,9,17-18,20,22,40-41H2,1-2H3,(H,42,49)/t23-,29+,31-,32-/m0/s1. The molecule has 14 heteroatoms. The van der Waals surface area contributed by atoms with Crippen LogP contribution in [0, 0.1) is 5.82 Å². The second-order valence-electron chi connectivity index (χ2n) is 12.3. The number of nitrogens with one attached hydrogen (secondary N) is 1. The van der Waals surface area contributed by atoms with Crippen molar-refractivity contribution < 1.29 is 38.6 Å². The molecule has 3 rings (SSSR count). The highest BCUT2D eigenvalue weighted by molar-refractivity contribution is 6.30. The maximum Gasteiger partial charge on any atom is 0.252 e. The summed E-state index contributed by atoms with van der Waals surface area (Å²) < 4.78 is 13.5. The number of unbranched alkanes of at least 4 members (excludes halogenated alkanes) is 1. The zero-order chi connectivity index (χ0) is 37.7. The van der Waals surface area contributed by atoms with Gasteiger partial charge in [-0.3, -0.25) is 24.1 Å². The molecule has 0 fully saturated rings. The van der Waals surface area contributed by atoms with Crippen LogP contribution in [-0.2, 0) is 36.8 Å². The number of nitrogens with zero attached hydrogens (tertiary/aromatic N) is 2. The van der Waals surface area contributed by atoms with Gasteiger partial charge in [0.25, 0.3) is 5.91 Å². The smallest absolute Gasteiger partial charge is 0.252 e. The largest absolute Gasteiger partial charge is 0.507 e. The average Bonchev–Trinajstić information content (AvgIpc) is 3.12. The first kappa shape index (κ1) is 40.7. The van der Waals surface area contributed by atoms with Crippen LogP contribution < -0.4 is 16.8 Å². The van der Waals surface area contributed by atoms with Crippen molar-refractivity contribution in [3.05, 3.63) is 88.7 Å². The van der Waals surface area contributed by atoms with Gasteiger partial charge in [0.2, 0.25) is 17.7 Å². The van der Waals surface area contributed by atoms with E-state index in [0.29, 0.717) is 52.9 Å². The number of hydrogen-bond acceptors (Lipinski definition) is 9. The van der Waals surface area contributed by atoms with Gasteiger partial charge < -0.3 is 36.7 Å². The number of phenols is 1. The van der Waals surface area contributed by atoms with Crippen LogP contribution in [-0.4, -0.2) is 94.3 Å². The highest BCUT2D eigenvalue weighted by Gasteiger charge is 2.39. The summed E-state index contributed by atoms with van der Waals surface area (Å²) in [6.07, 6.45) is 1.28. The number of aldehydes is 1. The van der Waals surface area contributed by atoms with Crippen LogP contribution in [0.25, 0.3) is 11.1 Å². The Morgan fingerprint density at radius 2 is 1.63 bits per heavy atom. The Hall–Kier alpha value is -4.69. The van der Waals surface area contributed by atoms with E-state index in [1.807, 2.05) is 0 Å². The number of aliphatic hydroxyl groups excluding tert-OH is 1. The van der Waals surface area contributed by atoms with Crippen molar-refractivity contribution >= 4 is 41.5 Å². The van der Waals surface area contributed by atoms with Gasteiger partial charge in [-0.15, -0.1) is 0 Å². The number of rotatable bonds is 18. The monoisotopic (exact) mass is 725 g/mol. The second kappa shape index (κ2) is 19.6. The van der Waals surface area contributed by atoms with E-state index in [1.165, 1.54) is 44.3 Å². The minimum Gasteiger partial charge on any atom is -0.507 e. The average molecular weight is 726 g/mol. The molecule has 0 aliphatic carbocycles. The summed E-state index contributed by atoms with van der Waals surface area (Å²) in [7, 11) is 1.29. The Kier molecular flexibility index (Phi) is 15.7. The summed E-state index contributed by atoms with van der Waals surface area (Å²) in [5.74, 6) is -3.67. The molecule has 0 unspecified atom stereocenters. The van der Waals surface area contributed by atoms with Gasteiger partial charge in [-0.1, -0.05) is 41.9 Å². The molecule has 7 N–H and O–H groups in total. The third-order valence-electron chi connectivity index (χ3n) is 8.45. The van der Waals surface area contributed by atoms with E-state index in [9.17, 15) is 38.6 Å². The van der Waals surface area contributed by atoms with Crippen LogP contribution >= 0.6 is 11.6 Å². The maximum absolute atomic E-state index is 14.7. The first-order valence-corrected chi connectivity index (χ1v) is 17.0. The first-order chi connectivity index (χ1) is 24.3. The molecule has 0 saturated carbocycles. The van der Waals surface area contributed by atoms with E-state index < -0.39 is 60.2 Å². The number of amides is 4. The quantitative estimate of drug-likeness (QED) is 0.0968. The molecule has 0 radical (unpaired) electrons. The Balaban J connectivity index is 2.09. The first-order valence-electron chi connectivity index (χ1n) is 16.6. The van der Waals surface area contributed by atoms with Crippen LogP contribution in [0.2, 0.25) is 5.02 Å². The van der Waals surface area contributed by atoms with Crippen molar-refractivity contribution in [3.63, 3.8) is 0 Å². The molecule has 0 spiro atoms. The lowest BCUT2D eigenvalue weighted by Gasteiger charge is -2.35. The molecule has 12 nitrogen and oxygen atoms in total. The van der Waals surface area contributed by atoms with Crippen LogP contribution in [0.1, 0.15) is 43.7 Å². The Morgan fingerprint density at radius 1 is 0.980 bits per heavy atom. The summed E-state index contributed by atoms with van der Waals surface area (Å²) >= 11 is 6.05. The number of imide groups is 1. The number of carbonyl (C=O) groups is 5. The third kappa shape index (κ3) is 11.4. The number of nitrogens with two attached hydrogens (primary N) is 2. The number of halogens is 2. The van der Waals surface area contributed by atoms with Crippen LogP contribution in [0.4, 0.5) is 4.39 Å². The zero-order valence-corrected chi connectivity index (χ0v) is 29.4. The molecule has 3 aromatic carbocycles. The molecule has 274 valence electrons. The molecular formula is C37H45ClFN5O7. The summed E-state index contributed by atoms with van der Waals surface area (Å²) in [4.78, 5) is 69.2. The summed E-state index contributed by atoms with van der Waals surface area (Å²) in [6, 6.07) is 11.7. The number of hydrogen-bond donors (Lipinski definition) is 5. The number of phenolic OH excluding ortho intramolecular Hbond substituents is 1. The normalized spacial score (nSPS) is 13.4. The minimum atomic E-state index is -1.48. The molecule has 4 amide bonds. The topological polar surface area (TPSA) is 196 Å².